The number of hydrogen-bond acceptors (Lipinski definition) is 4. The summed E-state index contributed by atoms with van der Waals surface area (Å²) >= 11 is 3.54. The van der Waals surface area contributed by atoms with Crippen molar-refractivity contribution in [3.63, 3.8) is 0 Å². The van der Waals surface area contributed by atoms with Crippen molar-refractivity contribution >= 4 is 22.7 Å². The summed E-state index contributed by atoms with van der Waals surface area (Å²) in [4.78, 5) is 7.10. The first-order valence-corrected chi connectivity index (χ1v) is 7.16. The van der Waals surface area contributed by atoms with Crippen molar-refractivity contribution in [1.29, 1.82) is 0 Å². The molecule has 2 aromatic heterocycles. The lowest BCUT2D eigenvalue weighted by atomic mass is 10.2. The highest BCUT2D eigenvalue weighted by Gasteiger charge is 2.05. The molecule has 0 fully saturated rings. The highest BCUT2D eigenvalue weighted by molar-refractivity contribution is 7.11. The number of hydrogen-bond donors (Lipinski definition) is 1. The maximum atomic E-state index is 4.26. The van der Waals surface area contributed by atoms with E-state index in [1.807, 2.05) is 16.8 Å². The quantitative estimate of drug-likeness (QED) is 0.883. The van der Waals surface area contributed by atoms with Crippen LogP contribution in [0.25, 0.3) is 0 Å². The number of aromatic nitrogens is 1. The lowest BCUT2D eigenvalue weighted by molar-refractivity contribution is 0.544. The second kappa shape index (κ2) is 5.57. The first-order chi connectivity index (χ1) is 7.74. The Balaban J connectivity index is 1.78. The normalized spacial score (nSPS) is 12.9. The summed E-state index contributed by atoms with van der Waals surface area (Å²) in [6.07, 6.45) is 1.10. The lowest BCUT2D eigenvalue weighted by Crippen LogP contribution is -2.27. The Bertz CT molecular complexity index is 420. The minimum Gasteiger partial charge on any atom is -0.308 e. The van der Waals surface area contributed by atoms with Crippen molar-refractivity contribution in [2.75, 3.05) is 0 Å². The van der Waals surface area contributed by atoms with Gasteiger partial charge in [-0.25, -0.2) is 4.98 Å². The third-order valence-electron chi connectivity index (χ3n) is 2.42. The Morgan fingerprint density at radius 2 is 2.31 bits per heavy atom. The molecule has 1 unspecified atom stereocenters. The number of rotatable bonds is 5. The summed E-state index contributed by atoms with van der Waals surface area (Å²) in [5.74, 6) is 0. The third-order valence-corrected chi connectivity index (χ3v) is 4.08. The molecular formula is C12H16N2S2. The van der Waals surface area contributed by atoms with E-state index in [1.54, 1.807) is 11.3 Å². The average molecular weight is 252 g/mol. The summed E-state index contributed by atoms with van der Waals surface area (Å²) in [7, 11) is 0. The van der Waals surface area contributed by atoms with Crippen LogP contribution in [0, 0.1) is 6.92 Å². The van der Waals surface area contributed by atoms with Crippen LogP contribution in [0.4, 0.5) is 0 Å². The molecule has 1 atom stereocenters. The van der Waals surface area contributed by atoms with Gasteiger partial charge in [-0.05, 0) is 32.4 Å². The summed E-state index contributed by atoms with van der Waals surface area (Å²) in [5.41, 5.74) is 3.02. The zero-order valence-corrected chi connectivity index (χ0v) is 11.2. The second-order valence-corrected chi connectivity index (χ2v) is 6.07. The van der Waals surface area contributed by atoms with Crippen molar-refractivity contribution < 1.29 is 0 Å². The highest BCUT2D eigenvalue weighted by atomic mass is 32.1. The van der Waals surface area contributed by atoms with Gasteiger partial charge in [0.05, 0.1) is 11.2 Å². The molecule has 0 amide bonds. The van der Waals surface area contributed by atoms with E-state index in [0.717, 1.165) is 18.7 Å². The highest BCUT2D eigenvalue weighted by Crippen LogP contribution is 2.16. The van der Waals surface area contributed by atoms with Gasteiger partial charge in [-0.2, -0.15) is 0 Å². The number of nitrogens with one attached hydrogen (secondary N) is 1. The summed E-state index contributed by atoms with van der Waals surface area (Å²) < 4.78 is 0. The molecule has 0 aromatic carbocycles. The predicted molar refractivity (Wildman–Crippen MR) is 71.2 cm³/mol. The molecule has 4 heteroatoms. The fraction of sp³-hybridized carbons (Fsp3) is 0.417. The van der Waals surface area contributed by atoms with Crippen LogP contribution in [0.15, 0.2) is 23.0 Å². The van der Waals surface area contributed by atoms with Gasteiger partial charge in [-0.1, -0.05) is 0 Å². The molecule has 0 saturated heterocycles. The van der Waals surface area contributed by atoms with Gasteiger partial charge in [0.2, 0.25) is 0 Å². The Morgan fingerprint density at radius 3 is 2.94 bits per heavy atom. The van der Waals surface area contributed by atoms with Crippen molar-refractivity contribution in [2.45, 2.75) is 32.9 Å². The van der Waals surface area contributed by atoms with Crippen LogP contribution in [-0.4, -0.2) is 11.0 Å². The zero-order chi connectivity index (χ0) is 11.4. The molecule has 0 aliphatic heterocycles. The van der Waals surface area contributed by atoms with E-state index in [9.17, 15) is 0 Å². The van der Waals surface area contributed by atoms with Crippen LogP contribution < -0.4 is 5.32 Å². The number of thiazole rings is 1. The van der Waals surface area contributed by atoms with Crippen LogP contribution in [0.3, 0.4) is 0 Å². The maximum Gasteiger partial charge on any atom is 0.0795 e. The number of aryl methyl sites for hydroxylation is 1. The molecule has 0 saturated carbocycles. The van der Waals surface area contributed by atoms with Gasteiger partial charge in [-0.15, -0.1) is 22.7 Å². The maximum absolute atomic E-state index is 4.26. The van der Waals surface area contributed by atoms with E-state index in [1.165, 1.54) is 9.75 Å². The van der Waals surface area contributed by atoms with Gasteiger partial charge in [0.25, 0.3) is 0 Å². The SMILES string of the molecule is Cc1ccc(CC(C)NCc2cscn2)s1. The second-order valence-electron chi connectivity index (χ2n) is 3.98. The minimum atomic E-state index is 0.500. The Morgan fingerprint density at radius 1 is 1.44 bits per heavy atom. The number of nitrogens with zero attached hydrogens (tertiary/aromatic N) is 1. The van der Waals surface area contributed by atoms with E-state index in [4.69, 9.17) is 0 Å². The van der Waals surface area contributed by atoms with Crippen LogP contribution >= 0.6 is 22.7 Å². The smallest absolute Gasteiger partial charge is 0.0795 e. The molecule has 16 heavy (non-hydrogen) atoms. The Kier molecular flexibility index (Phi) is 4.09. The van der Waals surface area contributed by atoms with Crippen LogP contribution in [0.5, 0.6) is 0 Å². The van der Waals surface area contributed by atoms with E-state index >= 15 is 0 Å². The van der Waals surface area contributed by atoms with Crippen molar-refractivity contribution in [3.05, 3.63) is 38.5 Å². The van der Waals surface area contributed by atoms with Crippen LogP contribution in [-0.2, 0) is 13.0 Å². The largest absolute Gasteiger partial charge is 0.308 e. The van der Waals surface area contributed by atoms with Crippen LogP contribution in [0.2, 0.25) is 0 Å². The monoisotopic (exact) mass is 252 g/mol. The van der Waals surface area contributed by atoms with Gasteiger partial charge in [0, 0.05) is 27.7 Å². The van der Waals surface area contributed by atoms with E-state index < -0.39 is 0 Å². The van der Waals surface area contributed by atoms with Gasteiger partial charge < -0.3 is 5.32 Å². The lowest BCUT2D eigenvalue weighted by Gasteiger charge is -2.11. The van der Waals surface area contributed by atoms with E-state index in [0.29, 0.717) is 6.04 Å². The molecule has 2 heterocycles. The van der Waals surface area contributed by atoms with E-state index in [2.05, 4.69) is 41.7 Å². The number of thiophene rings is 1. The first kappa shape index (κ1) is 11.8. The van der Waals surface area contributed by atoms with Gasteiger partial charge in [0.1, 0.15) is 0 Å². The molecule has 0 bridgehead atoms. The molecule has 2 nitrogen and oxygen atoms in total. The Labute approximate surface area is 104 Å². The topological polar surface area (TPSA) is 24.9 Å². The third kappa shape index (κ3) is 3.40. The molecule has 86 valence electrons. The summed E-state index contributed by atoms with van der Waals surface area (Å²) in [6.45, 7) is 5.25. The van der Waals surface area contributed by atoms with Crippen LogP contribution in [0.1, 0.15) is 22.4 Å². The predicted octanol–water partition coefficient (Wildman–Crippen LogP) is 3.23. The van der Waals surface area contributed by atoms with E-state index in [-0.39, 0.29) is 0 Å². The van der Waals surface area contributed by atoms with Gasteiger partial charge >= 0.3 is 0 Å². The van der Waals surface area contributed by atoms with Crippen molar-refractivity contribution in [3.8, 4) is 0 Å². The molecule has 0 spiro atoms. The minimum absolute atomic E-state index is 0.500. The Hall–Kier alpha value is -0.710. The van der Waals surface area contributed by atoms with Gasteiger partial charge in [0.15, 0.2) is 0 Å². The molecule has 0 aliphatic rings. The molecule has 2 aromatic rings. The van der Waals surface area contributed by atoms with Crippen molar-refractivity contribution in [2.24, 2.45) is 0 Å². The molecule has 2 rings (SSSR count). The summed E-state index contributed by atoms with van der Waals surface area (Å²) in [5, 5.41) is 5.59. The average Bonchev–Trinajstić information content (AvgIpc) is 2.87. The fourth-order valence-electron chi connectivity index (χ4n) is 1.57. The molecule has 0 radical (unpaired) electrons. The first-order valence-electron chi connectivity index (χ1n) is 5.40. The fourth-order valence-corrected chi connectivity index (χ4v) is 3.15. The molecule has 1 N–H and O–H groups in total. The zero-order valence-electron chi connectivity index (χ0n) is 9.56. The van der Waals surface area contributed by atoms with Crippen molar-refractivity contribution in [1.82, 2.24) is 10.3 Å². The standard InChI is InChI=1S/C12H16N2S2/c1-9(5-12-4-3-10(2)16-12)13-6-11-7-15-8-14-11/h3-4,7-9,13H,5-6H2,1-2H3. The summed E-state index contributed by atoms with van der Waals surface area (Å²) in [6, 6.07) is 4.91. The molecular weight excluding hydrogens is 236 g/mol. The molecule has 0 aliphatic carbocycles. The van der Waals surface area contributed by atoms with Gasteiger partial charge in [-0.3, -0.25) is 0 Å².